The molecule has 0 fully saturated rings. The zero-order valence-corrected chi connectivity index (χ0v) is 9.66. The fraction of sp³-hybridized carbons (Fsp3) is 0.500. The Labute approximate surface area is 100.0 Å². The summed E-state index contributed by atoms with van der Waals surface area (Å²) in [5.41, 5.74) is 0.294. The molecule has 1 aromatic rings. The molecule has 0 bridgehead atoms. The standard InChI is InChI=1S/C8H8Cl2F3N3/c1-4(9)6-5(10)7(16-3-15-6)14-2-8(11,12)13/h3-4H,2H2,1H3,(H,14,15,16). The van der Waals surface area contributed by atoms with Crippen molar-refractivity contribution in [2.75, 3.05) is 11.9 Å². The van der Waals surface area contributed by atoms with Crippen LogP contribution in [0.25, 0.3) is 0 Å². The van der Waals surface area contributed by atoms with Crippen molar-refractivity contribution in [3.8, 4) is 0 Å². The van der Waals surface area contributed by atoms with Gasteiger partial charge in [-0.2, -0.15) is 13.2 Å². The number of nitrogens with one attached hydrogen (secondary N) is 1. The van der Waals surface area contributed by atoms with Gasteiger partial charge < -0.3 is 5.32 Å². The molecule has 0 saturated carbocycles. The Morgan fingerprint density at radius 3 is 2.56 bits per heavy atom. The van der Waals surface area contributed by atoms with Gasteiger partial charge in [0.25, 0.3) is 0 Å². The molecule has 1 atom stereocenters. The molecular weight excluding hydrogens is 266 g/mol. The second kappa shape index (κ2) is 5.05. The number of alkyl halides is 4. The molecule has 1 aromatic heterocycles. The highest BCUT2D eigenvalue weighted by Gasteiger charge is 2.27. The fourth-order valence-electron chi connectivity index (χ4n) is 0.968. The molecule has 1 rings (SSSR count). The molecule has 1 heterocycles. The van der Waals surface area contributed by atoms with Crippen molar-refractivity contribution >= 4 is 29.0 Å². The van der Waals surface area contributed by atoms with Crippen LogP contribution in [0.5, 0.6) is 0 Å². The van der Waals surface area contributed by atoms with E-state index in [4.69, 9.17) is 23.2 Å². The zero-order chi connectivity index (χ0) is 12.3. The number of hydrogen-bond acceptors (Lipinski definition) is 3. The number of halogens is 5. The summed E-state index contributed by atoms with van der Waals surface area (Å²) in [6.07, 6.45) is -3.22. The lowest BCUT2D eigenvalue weighted by Gasteiger charge is -2.12. The molecule has 0 amide bonds. The molecule has 0 aromatic carbocycles. The fourth-order valence-corrected chi connectivity index (χ4v) is 1.52. The van der Waals surface area contributed by atoms with Crippen LogP contribution in [-0.4, -0.2) is 22.7 Å². The van der Waals surface area contributed by atoms with Crippen LogP contribution in [0.4, 0.5) is 19.0 Å². The maximum atomic E-state index is 12.0. The molecule has 1 N–H and O–H groups in total. The van der Waals surface area contributed by atoms with E-state index < -0.39 is 18.1 Å². The first-order valence-electron chi connectivity index (χ1n) is 4.26. The molecule has 8 heteroatoms. The van der Waals surface area contributed by atoms with E-state index in [2.05, 4.69) is 15.3 Å². The maximum Gasteiger partial charge on any atom is 0.405 e. The summed E-state index contributed by atoms with van der Waals surface area (Å²) in [7, 11) is 0. The smallest absolute Gasteiger partial charge is 0.360 e. The minimum atomic E-state index is -4.33. The Balaban J connectivity index is 2.85. The topological polar surface area (TPSA) is 37.8 Å². The van der Waals surface area contributed by atoms with Crippen LogP contribution in [0.15, 0.2) is 6.33 Å². The van der Waals surface area contributed by atoms with Gasteiger partial charge in [0.1, 0.15) is 23.7 Å². The first-order valence-corrected chi connectivity index (χ1v) is 5.08. The van der Waals surface area contributed by atoms with E-state index >= 15 is 0 Å². The van der Waals surface area contributed by atoms with E-state index in [1.807, 2.05) is 0 Å². The number of anilines is 1. The van der Waals surface area contributed by atoms with E-state index in [1.54, 1.807) is 6.92 Å². The maximum absolute atomic E-state index is 12.0. The molecule has 0 radical (unpaired) electrons. The first kappa shape index (κ1) is 13.3. The van der Waals surface area contributed by atoms with Crippen LogP contribution < -0.4 is 5.32 Å². The normalized spacial score (nSPS) is 13.6. The van der Waals surface area contributed by atoms with Gasteiger partial charge >= 0.3 is 6.18 Å². The third-order valence-electron chi connectivity index (χ3n) is 1.65. The molecule has 0 saturated heterocycles. The lowest BCUT2D eigenvalue weighted by molar-refractivity contribution is -0.115. The minimum absolute atomic E-state index is 0.00856. The average molecular weight is 274 g/mol. The van der Waals surface area contributed by atoms with Gasteiger partial charge in [0, 0.05) is 0 Å². The van der Waals surface area contributed by atoms with E-state index in [9.17, 15) is 13.2 Å². The van der Waals surface area contributed by atoms with Crippen molar-refractivity contribution in [1.82, 2.24) is 9.97 Å². The Morgan fingerprint density at radius 2 is 2.06 bits per heavy atom. The van der Waals surface area contributed by atoms with Crippen LogP contribution in [0.3, 0.4) is 0 Å². The van der Waals surface area contributed by atoms with Crippen LogP contribution in [0, 0.1) is 0 Å². The van der Waals surface area contributed by atoms with Gasteiger partial charge in [-0.15, -0.1) is 11.6 Å². The van der Waals surface area contributed by atoms with E-state index in [0.717, 1.165) is 6.33 Å². The molecule has 3 nitrogen and oxygen atoms in total. The summed E-state index contributed by atoms with van der Waals surface area (Å²) < 4.78 is 35.9. The molecule has 0 aliphatic carbocycles. The quantitative estimate of drug-likeness (QED) is 0.858. The molecule has 0 aliphatic rings. The summed E-state index contributed by atoms with van der Waals surface area (Å²) in [5.74, 6) is -0.0727. The average Bonchev–Trinajstić information content (AvgIpc) is 2.14. The van der Waals surface area contributed by atoms with E-state index in [-0.39, 0.29) is 10.8 Å². The molecule has 0 spiro atoms. The second-order valence-corrected chi connectivity index (χ2v) is 4.04. The lowest BCUT2D eigenvalue weighted by Crippen LogP contribution is -2.22. The van der Waals surface area contributed by atoms with Gasteiger partial charge in [-0.1, -0.05) is 11.6 Å². The molecule has 0 aliphatic heterocycles. The predicted molar refractivity (Wildman–Crippen MR) is 55.9 cm³/mol. The summed E-state index contributed by atoms with van der Waals surface area (Å²) in [4.78, 5) is 7.40. The first-order chi connectivity index (χ1) is 7.31. The number of hydrogen-bond donors (Lipinski definition) is 1. The van der Waals surface area contributed by atoms with Gasteiger partial charge in [-0.05, 0) is 6.92 Å². The monoisotopic (exact) mass is 273 g/mol. The Morgan fingerprint density at radius 1 is 1.44 bits per heavy atom. The third-order valence-corrected chi connectivity index (χ3v) is 2.23. The van der Waals surface area contributed by atoms with E-state index in [0.29, 0.717) is 5.69 Å². The van der Waals surface area contributed by atoms with E-state index in [1.165, 1.54) is 0 Å². The van der Waals surface area contributed by atoms with Gasteiger partial charge in [-0.3, -0.25) is 0 Å². The van der Waals surface area contributed by atoms with Gasteiger partial charge in [0.05, 0.1) is 11.1 Å². The Bertz CT molecular complexity index is 368. The van der Waals surface area contributed by atoms with Gasteiger partial charge in [0.2, 0.25) is 0 Å². The van der Waals surface area contributed by atoms with Crippen molar-refractivity contribution in [2.45, 2.75) is 18.5 Å². The zero-order valence-electron chi connectivity index (χ0n) is 8.15. The number of nitrogens with zero attached hydrogens (tertiary/aromatic N) is 2. The van der Waals surface area contributed by atoms with Gasteiger partial charge in [-0.25, -0.2) is 9.97 Å². The second-order valence-electron chi connectivity index (χ2n) is 3.01. The molecule has 1 unspecified atom stereocenters. The molecular formula is C8H8Cl2F3N3. The summed E-state index contributed by atoms with van der Waals surface area (Å²) in [5, 5.41) is 1.59. The number of aromatic nitrogens is 2. The third kappa shape index (κ3) is 3.68. The Hall–Kier alpha value is -0.750. The lowest BCUT2D eigenvalue weighted by atomic mass is 10.3. The van der Waals surface area contributed by atoms with Crippen molar-refractivity contribution in [3.05, 3.63) is 17.0 Å². The van der Waals surface area contributed by atoms with Crippen molar-refractivity contribution in [2.24, 2.45) is 0 Å². The Kier molecular flexibility index (Phi) is 4.21. The predicted octanol–water partition coefficient (Wildman–Crippen LogP) is 3.40. The minimum Gasteiger partial charge on any atom is -0.360 e. The molecule has 90 valence electrons. The van der Waals surface area contributed by atoms with Crippen molar-refractivity contribution in [3.63, 3.8) is 0 Å². The number of rotatable bonds is 3. The van der Waals surface area contributed by atoms with Crippen LogP contribution in [0.1, 0.15) is 18.0 Å². The summed E-state index contributed by atoms with van der Waals surface area (Å²) in [6.45, 7) is 0.406. The van der Waals surface area contributed by atoms with Gasteiger partial charge in [0.15, 0.2) is 0 Å². The highest BCUT2D eigenvalue weighted by molar-refractivity contribution is 6.34. The van der Waals surface area contributed by atoms with Crippen molar-refractivity contribution < 1.29 is 13.2 Å². The highest BCUT2D eigenvalue weighted by Crippen LogP contribution is 2.30. The van der Waals surface area contributed by atoms with Crippen LogP contribution >= 0.6 is 23.2 Å². The SMILES string of the molecule is CC(Cl)c1ncnc(NCC(F)(F)F)c1Cl. The van der Waals surface area contributed by atoms with Crippen LogP contribution in [-0.2, 0) is 0 Å². The van der Waals surface area contributed by atoms with Crippen molar-refractivity contribution in [1.29, 1.82) is 0 Å². The van der Waals surface area contributed by atoms with Crippen LogP contribution in [0.2, 0.25) is 5.02 Å². The largest absolute Gasteiger partial charge is 0.405 e. The highest BCUT2D eigenvalue weighted by atomic mass is 35.5. The molecule has 16 heavy (non-hydrogen) atoms. The summed E-state index contributed by atoms with van der Waals surface area (Å²) >= 11 is 11.5. The summed E-state index contributed by atoms with van der Waals surface area (Å²) in [6, 6.07) is 0.